The maximum atomic E-state index is 6.08. The molecule has 1 fully saturated rings. The summed E-state index contributed by atoms with van der Waals surface area (Å²) < 4.78 is 0. The van der Waals surface area contributed by atoms with Crippen LogP contribution in [0.15, 0.2) is 17.1 Å². The number of aryl methyl sites for hydroxylation is 3. The highest BCUT2D eigenvalue weighted by Crippen LogP contribution is 2.35. The molecule has 1 aliphatic heterocycles. The largest absolute Gasteiger partial charge is 0.370 e. The molecule has 2 aliphatic rings. The average molecular weight is 257 g/mol. The summed E-state index contributed by atoms with van der Waals surface area (Å²) in [7, 11) is 0. The molecular weight excluding hydrogens is 234 g/mol. The normalized spacial score (nSPS) is 22.8. The first-order valence-corrected chi connectivity index (χ1v) is 7.20. The van der Waals surface area contributed by atoms with Crippen LogP contribution in [0.5, 0.6) is 0 Å². The molecule has 0 spiro atoms. The van der Waals surface area contributed by atoms with E-state index in [2.05, 4.69) is 42.8 Å². The van der Waals surface area contributed by atoms with Crippen molar-refractivity contribution in [1.82, 2.24) is 4.90 Å². The van der Waals surface area contributed by atoms with Crippen molar-refractivity contribution in [2.24, 2.45) is 16.6 Å². The fourth-order valence-corrected chi connectivity index (χ4v) is 2.94. The molecule has 3 heteroatoms. The minimum absolute atomic E-state index is 0.347. The Morgan fingerprint density at radius 2 is 1.84 bits per heavy atom. The number of benzene rings is 1. The van der Waals surface area contributed by atoms with Crippen LogP contribution in [0.1, 0.15) is 41.1 Å². The smallest absolute Gasteiger partial charge is 0.191 e. The third-order valence-corrected chi connectivity index (χ3v) is 4.49. The zero-order chi connectivity index (χ0) is 13.6. The minimum atomic E-state index is 0.347. The lowest BCUT2D eigenvalue weighted by atomic mass is 9.95. The summed E-state index contributed by atoms with van der Waals surface area (Å²) in [5, 5.41) is 0. The zero-order valence-electron chi connectivity index (χ0n) is 12.1. The first-order chi connectivity index (χ1) is 9.06. The van der Waals surface area contributed by atoms with Gasteiger partial charge in [-0.3, -0.25) is 4.99 Å². The van der Waals surface area contributed by atoms with Crippen molar-refractivity contribution in [3.05, 3.63) is 34.4 Å². The van der Waals surface area contributed by atoms with Gasteiger partial charge in [-0.2, -0.15) is 0 Å². The maximum Gasteiger partial charge on any atom is 0.191 e. The van der Waals surface area contributed by atoms with Crippen LogP contribution in [0.25, 0.3) is 0 Å². The van der Waals surface area contributed by atoms with Gasteiger partial charge in [0, 0.05) is 6.54 Å². The van der Waals surface area contributed by atoms with Crippen molar-refractivity contribution in [3.63, 3.8) is 0 Å². The fraction of sp³-hybridized carbons (Fsp3) is 0.562. The summed E-state index contributed by atoms with van der Waals surface area (Å²) in [6.07, 6.45) is 2.70. The molecule has 0 radical (unpaired) electrons. The Hall–Kier alpha value is -1.51. The molecule has 1 aromatic carbocycles. The van der Waals surface area contributed by atoms with Crippen LogP contribution in [0.2, 0.25) is 0 Å². The predicted octanol–water partition coefficient (Wildman–Crippen LogP) is 2.69. The number of aliphatic imine (C=N–C) groups is 1. The van der Waals surface area contributed by atoms with E-state index in [-0.39, 0.29) is 0 Å². The zero-order valence-corrected chi connectivity index (χ0v) is 12.1. The van der Waals surface area contributed by atoms with Crippen molar-refractivity contribution >= 4 is 5.96 Å². The van der Waals surface area contributed by atoms with Gasteiger partial charge in [0.15, 0.2) is 5.96 Å². The van der Waals surface area contributed by atoms with Crippen molar-refractivity contribution < 1.29 is 0 Å². The van der Waals surface area contributed by atoms with Crippen LogP contribution in [0, 0.1) is 26.7 Å². The highest BCUT2D eigenvalue weighted by atomic mass is 15.3. The lowest BCUT2D eigenvalue weighted by Crippen LogP contribution is -2.37. The van der Waals surface area contributed by atoms with E-state index in [9.17, 15) is 0 Å². The van der Waals surface area contributed by atoms with Crippen LogP contribution in [-0.4, -0.2) is 23.9 Å². The summed E-state index contributed by atoms with van der Waals surface area (Å²) in [6, 6.07) is 4.96. The molecule has 1 atom stereocenters. The van der Waals surface area contributed by atoms with E-state index in [1.54, 1.807) is 0 Å². The first-order valence-electron chi connectivity index (χ1n) is 7.20. The van der Waals surface area contributed by atoms with Gasteiger partial charge in [-0.25, -0.2) is 0 Å². The molecule has 3 nitrogen and oxygen atoms in total. The van der Waals surface area contributed by atoms with Gasteiger partial charge in [0.25, 0.3) is 0 Å². The monoisotopic (exact) mass is 257 g/mol. The topological polar surface area (TPSA) is 41.6 Å². The summed E-state index contributed by atoms with van der Waals surface area (Å²) in [5.41, 5.74) is 11.6. The van der Waals surface area contributed by atoms with Gasteiger partial charge < -0.3 is 10.6 Å². The molecular formula is C16H23N3. The molecule has 102 valence electrons. The lowest BCUT2D eigenvalue weighted by molar-refractivity contribution is 0.332. The van der Waals surface area contributed by atoms with Crippen molar-refractivity contribution in [3.8, 4) is 0 Å². The van der Waals surface area contributed by atoms with E-state index >= 15 is 0 Å². The maximum absolute atomic E-state index is 6.08. The molecule has 0 amide bonds. The highest BCUT2D eigenvalue weighted by Gasteiger charge is 2.33. The molecule has 1 aliphatic carbocycles. The average Bonchev–Trinajstić information content (AvgIpc) is 3.10. The fourth-order valence-electron chi connectivity index (χ4n) is 2.94. The Labute approximate surface area is 115 Å². The van der Waals surface area contributed by atoms with E-state index in [1.165, 1.54) is 35.1 Å². The second-order valence-corrected chi connectivity index (χ2v) is 6.10. The number of rotatable bonds is 3. The Balaban J connectivity index is 1.90. The van der Waals surface area contributed by atoms with Crippen molar-refractivity contribution in [1.29, 1.82) is 0 Å². The molecule has 0 saturated heterocycles. The molecule has 1 heterocycles. The van der Waals surface area contributed by atoms with Crippen LogP contribution in [0.4, 0.5) is 0 Å². The lowest BCUT2D eigenvalue weighted by Gasteiger charge is -2.28. The van der Waals surface area contributed by atoms with Crippen LogP contribution in [0.3, 0.4) is 0 Å². The summed E-state index contributed by atoms with van der Waals surface area (Å²) >= 11 is 0. The second-order valence-electron chi connectivity index (χ2n) is 6.10. The van der Waals surface area contributed by atoms with Crippen molar-refractivity contribution in [2.75, 3.05) is 13.1 Å². The molecule has 2 N–H and O–H groups in total. The van der Waals surface area contributed by atoms with Gasteiger partial charge in [-0.15, -0.1) is 0 Å². The van der Waals surface area contributed by atoms with Gasteiger partial charge in [0.1, 0.15) is 0 Å². The number of nitrogens with zero attached hydrogens (tertiary/aromatic N) is 2. The Morgan fingerprint density at radius 3 is 2.53 bits per heavy atom. The minimum Gasteiger partial charge on any atom is -0.370 e. The molecule has 1 saturated carbocycles. The van der Waals surface area contributed by atoms with E-state index in [0.29, 0.717) is 6.04 Å². The van der Waals surface area contributed by atoms with Gasteiger partial charge >= 0.3 is 0 Å². The SMILES string of the molecule is Cc1cc(C)c(C2CN=C(N)N2CC2CC2)cc1C. The molecule has 3 rings (SSSR count). The van der Waals surface area contributed by atoms with E-state index in [0.717, 1.165) is 25.0 Å². The highest BCUT2D eigenvalue weighted by molar-refractivity contribution is 5.80. The molecule has 1 unspecified atom stereocenters. The van der Waals surface area contributed by atoms with E-state index < -0.39 is 0 Å². The Kier molecular flexibility index (Phi) is 3.00. The Bertz CT molecular complexity index is 529. The van der Waals surface area contributed by atoms with Crippen LogP contribution < -0.4 is 5.73 Å². The van der Waals surface area contributed by atoms with Gasteiger partial charge in [-0.05, 0) is 61.8 Å². The molecule has 1 aromatic rings. The molecule has 19 heavy (non-hydrogen) atoms. The van der Waals surface area contributed by atoms with Crippen LogP contribution >= 0.6 is 0 Å². The third kappa shape index (κ3) is 2.34. The number of hydrogen-bond donors (Lipinski definition) is 1. The standard InChI is InChI=1S/C16H23N3/c1-10-6-12(3)14(7-11(10)2)15-8-18-16(17)19(15)9-13-4-5-13/h6-7,13,15H,4-5,8-9H2,1-3H3,(H2,17,18). The summed E-state index contributed by atoms with van der Waals surface area (Å²) in [4.78, 5) is 6.78. The predicted molar refractivity (Wildman–Crippen MR) is 79.3 cm³/mol. The summed E-state index contributed by atoms with van der Waals surface area (Å²) in [5.74, 6) is 1.57. The quantitative estimate of drug-likeness (QED) is 0.904. The van der Waals surface area contributed by atoms with Crippen LogP contribution in [-0.2, 0) is 0 Å². The van der Waals surface area contributed by atoms with Gasteiger partial charge in [-0.1, -0.05) is 12.1 Å². The number of nitrogens with two attached hydrogens (primary N) is 1. The number of guanidine groups is 1. The third-order valence-electron chi connectivity index (χ3n) is 4.49. The number of hydrogen-bond acceptors (Lipinski definition) is 3. The van der Waals surface area contributed by atoms with Crippen molar-refractivity contribution in [2.45, 2.75) is 39.7 Å². The molecule has 0 aromatic heterocycles. The Morgan fingerprint density at radius 1 is 1.16 bits per heavy atom. The van der Waals surface area contributed by atoms with E-state index in [4.69, 9.17) is 5.73 Å². The van der Waals surface area contributed by atoms with E-state index in [1.807, 2.05) is 0 Å². The second kappa shape index (κ2) is 4.55. The van der Waals surface area contributed by atoms with Gasteiger partial charge in [0.05, 0.1) is 12.6 Å². The summed E-state index contributed by atoms with van der Waals surface area (Å²) in [6.45, 7) is 8.44. The van der Waals surface area contributed by atoms with Gasteiger partial charge in [0.2, 0.25) is 0 Å². The molecule has 0 bridgehead atoms. The first kappa shape index (κ1) is 12.5.